The van der Waals surface area contributed by atoms with Crippen molar-refractivity contribution in [3.05, 3.63) is 28.2 Å². The van der Waals surface area contributed by atoms with Crippen LogP contribution in [0.5, 0.6) is 0 Å². The Morgan fingerprint density at radius 3 is 2.92 bits per heavy atom. The average molecular weight is 227 g/mol. The summed E-state index contributed by atoms with van der Waals surface area (Å²) in [5.74, 6) is 0. The van der Waals surface area contributed by atoms with E-state index in [4.69, 9.17) is 5.73 Å². The van der Waals surface area contributed by atoms with E-state index >= 15 is 0 Å². The first-order valence-corrected chi connectivity index (χ1v) is 4.13. The second-order valence-electron chi connectivity index (χ2n) is 2.18. The molecule has 0 aliphatic carbocycles. The summed E-state index contributed by atoms with van der Waals surface area (Å²) in [4.78, 5) is 13.4. The molecule has 0 saturated carbocycles. The molecule has 0 atom stereocenters. The predicted octanol–water partition coefficient (Wildman–Crippen LogP) is 1.88. The molecule has 1 aromatic carbocycles. The van der Waals surface area contributed by atoms with Crippen LogP contribution in [0.4, 0.5) is 5.69 Å². The van der Waals surface area contributed by atoms with E-state index in [1.165, 1.54) is 6.08 Å². The van der Waals surface area contributed by atoms with E-state index in [9.17, 15) is 4.79 Å². The second-order valence-corrected chi connectivity index (χ2v) is 3.04. The third-order valence-electron chi connectivity index (χ3n) is 1.42. The highest BCUT2D eigenvalue weighted by atomic mass is 79.9. The molecule has 3 nitrogen and oxygen atoms in total. The van der Waals surface area contributed by atoms with Crippen molar-refractivity contribution in [2.45, 2.75) is 6.54 Å². The molecule has 12 heavy (non-hydrogen) atoms. The van der Waals surface area contributed by atoms with Gasteiger partial charge < -0.3 is 5.73 Å². The van der Waals surface area contributed by atoms with Crippen LogP contribution in [0.25, 0.3) is 0 Å². The Morgan fingerprint density at radius 1 is 1.58 bits per heavy atom. The molecule has 0 radical (unpaired) electrons. The van der Waals surface area contributed by atoms with Gasteiger partial charge in [-0.2, -0.15) is 4.99 Å². The SMILES string of the molecule is NCc1cc(N=C=O)ccc1Br. The smallest absolute Gasteiger partial charge is 0.240 e. The minimum atomic E-state index is 0.419. The first kappa shape index (κ1) is 9.13. The quantitative estimate of drug-likeness (QED) is 0.619. The van der Waals surface area contributed by atoms with Crippen molar-refractivity contribution in [3.8, 4) is 0 Å². The molecule has 62 valence electrons. The fraction of sp³-hybridized carbons (Fsp3) is 0.125. The van der Waals surface area contributed by atoms with Crippen LogP contribution in [0.3, 0.4) is 0 Å². The van der Waals surface area contributed by atoms with Crippen LogP contribution in [0.15, 0.2) is 27.7 Å². The lowest BCUT2D eigenvalue weighted by molar-refractivity contribution is 0.565. The Hall–Kier alpha value is -0.960. The van der Waals surface area contributed by atoms with Gasteiger partial charge in [0, 0.05) is 11.0 Å². The number of hydrogen-bond acceptors (Lipinski definition) is 3. The monoisotopic (exact) mass is 226 g/mol. The Kier molecular flexibility index (Phi) is 3.17. The van der Waals surface area contributed by atoms with E-state index in [1.54, 1.807) is 18.2 Å². The molecular formula is C8H7BrN2O. The number of aliphatic imine (C=N–C) groups is 1. The number of carbonyl (C=O) groups excluding carboxylic acids is 1. The van der Waals surface area contributed by atoms with Gasteiger partial charge in [-0.05, 0) is 23.8 Å². The van der Waals surface area contributed by atoms with Gasteiger partial charge in [0.05, 0.1) is 5.69 Å². The first-order chi connectivity index (χ1) is 5.77. The highest BCUT2D eigenvalue weighted by Crippen LogP contribution is 2.21. The molecule has 0 spiro atoms. The molecule has 4 heteroatoms. The number of hydrogen-bond donors (Lipinski definition) is 1. The number of nitrogens with zero attached hydrogens (tertiary/aromatic N) is 1. The maximum Gasteiger partial charge on any atom is 0.240 e. The summed E-state index contributed by atoms with van der Waals surface area (Å²) in [6.45, 7) is 0.419. The molecule has 0 saturated heterocycles. The van der Waals surface area contributed by atoms with Crippen LogP contribution < -0.4 is 5.73 Å². The normalized spacial score (nSPS) is 9.17. The van der Waals surface area contributed by atoms with Gasteiger partial charge in [-0.1, -0.05) is 15.9 Å². The van der Waals surface area contributed by atoms with Gasteiger partial charge in [-0.15, -0.1) is 0 Å². The van der Waals surface area contributed by atoms with Gasteiger partial charge in [0.25, 0.3) is 0 Å². The van der Waals surface area contributed by atoms with Crippen molar-refractivity contribution in [1.29, 1.82) is 0 Å². The van der Waals surface area contributed by atoms with Crippen LogP contribution in [0.2, 0.25) is 0 Å². The third-order valence-corrected chi connectivity index (χ3v) is 2.20. The molecule has 0 amide bonds. The van der Waals surface area contributed by atoms with E-state index in [2.05, 4.69) is 20.9 Å². The van der Waals surface area contributed by atoms with E-state index < -0.39 is 0 Å². The van der Waals surface area contributed by atoms with Crippen molar-refractivity contribution < 1.29 is 4.79 Å². The molecule has 0 aliphatic heterocycles. The highest BCUT2D eigenvalue weighted by Gasteiger charge is 1.98. The lowest BCUT2D eigenvalue weighted by Crippen LogP contribution is -1.96. The predicted molar refractivity (Wildman–Crippen MR) is 49.8 cm³/mol. The molecule has 2 N–H and O–H groups in total. The van der Waals surface area contributed by atoms with Gasteiger partial charge in [0.1, 0.15) is 0 Å². The number of benzene rings is 1. The Morgan fingerprint density at radius 2 is 2.33 bits per heavy atom. The minimum Gasteiger partial charge on any atom is -0.326 e. The van der Waals surface area contributed by atoms with E-state index in [1.807, 2.05) is 0 Å². The summed E-state index contributed by atoms with van der Waals surface area (Å²) in [5.41, 5.74) is 6.95. The standard InChI is InChI=1S/C8H7BrN2O/c9-8-2-1-7(11-5-12)3-6(8)4-10/h1-3H,4,10H2. The van der Waals surface area contributed by atoms with E-state index in [0.29, 0.717) is 12.2 Å². The molecular weight excluding hydrogens is 220 g/mol. The number of rotatable bonds is 2. The molecule has 0 heterocycles. The van der Waals surface area contributed by atoms with E-state index in [0.717, 1.165) is 10.0 Å². The largest absolute Gasteiger partial charge is 0.326 e. The fourth-order valence-electron chi connectivity index (χ4n) is 0.840. The zero-order valence-electron chi connectivity index (χ0n) is 6.25. The van der Waals surface area contributed by atoms with Crippen molar-refractivity contribution in [2.24, 2.45) is 10.7 Å². The van der Waals surface area contributed by atoms with Gasteiger partial charge in [-0.3, -0.25) is 0 Å². The van der Waals surface area contributed by atoms with Crippen molar-refractivity contribution in [1.82, 2.24) is 0 Å². The Bertz CT molecular complexity index is 332. The molecule has 1 aromatic rings. The van der Waals surface area contributed by atoms with Crippen LogP contribution in [0.1, 0.15) is 5.56 Å². The first-order valence-electron chi connectivity index (χ1n) is 3.34. The maximum absolute atomic E-state index is 9.92. The summed E-state index contributed by atoms with van der Waals surface area (Å²) >= 11 is 3.32. The van der Waals surface area contributed by atoms with Crippen molar-refractivity contribution in [3.63, 3.8) is 0 Å². The molecule has 1 rings (SSSR count). The number of halogens is 1. The third kappa shape index (κ3) is 2.01. The molecule has 0 aromatic heterocycles. The second kappa shape index (κ2) is 4.16. The van der Waals surface area contributed by atoms with Crippen molar-refractivity contribution >= 4 is 27.7 Å². The van der Waals surface area contributed by atoms with Crippen molar-refractivity contribution in [2.75, 3.05) is 0 Å². The number of nitrogens with two attached hydrogens (primary N) is 1. The van der Waals surface area contributed by atoms with Gasteiger partial charge >= 0.3 is 0 Å². The summed E-state index contributed by atoms with van der Waals surface area (Å²) in [5, 5.41) is 0. The highest BCUT2D eigenvalue weighted by molar-refractivity contribution is 9.10. The number of isocyanates is 1. The maximum atomic E-state index is 9.92. The zero-order chi connectivity index (χ0) is 8.97. The van der Waals surface area contributed by atoms with Crippen LogP contribution >= 0.6 is 15.9 Å². The zero-order valence-corrected chi connectivity index (χ0v) is 7.84. The minimum absolute atomic E-state index is 0.419. The van der Waals surface area contributed by atoms with Crippen LogP contribution in [-0.2, 0) is 11.3 Å². The van der Waals surface area contributed by atoms with Gasteiger partial charge in [0.2, 0.25) is 6.08 Å². The summed E-state index contributed by atoms with van der Waals surface area (Å²) in [6, 6.07) is 5.27. The molecule has 0 aliphatic rings. The Labute approximate surface area is 78.4 Å². The lowest BCUT2D eigenvalue weighted by Gasteiger charge is -2.00. The fourth-order valence-corrected chi connectivity index (χ4v) is 1.25. The average Bonchev–Trinajstić information content (AvgIpc) is 2.09. The lowest BCUT2D eigenvalue weighted by atomic mass is 10.2. The van der Waals surface area contributed by atoms with E-state index in [-0.39, 0.29) is 0 Å². The molecule has 0 bridgehead atoms. The molecule has 0 fully saturated rings. The summed E-state index contributed by atoms with van der Waals surface area (Å²) in [7, 11) is 0. The summed E-state index contributed by atoms with van der Waals surface area (Å²) in [6.07, 6.45) is 1.47. The van der Waals surface area contributed by atoms with Crippen LogP contribution in [-0.4, -0.2) is 6.08 Å². The topological polar surface area (TPSA) is 55.4 Å². The van der Waals surface area contributed by atoms with Crippen LogP contribution in [0, 0.1) is 0 Å². The summed E-state index contributed by atoms with van der Waals surface area (Å²) < 4.78 is 0.926. The van der Waals surface area contributed by atoms with Gasteiger partial charge in [-0.25, -0.2) is 4.79 Å². The molecule has 0 unspecified atom stereocenters. The van der Waals surface area contributed by atoms with Gasteiger partial charge in [0.15, 0.2) is 0 Å². The Balaban J connectivity index is 3.13.